The number of anilines is 1. The van der Waals surface area contributed by atoms with Crippen LogP contribution < -0.4 is 4.90 Å². The van der Waals surface area contributed by atoms with E-state index in [1.54, 1.807) is 6.92 Å². The Morgan fingerprint density at radius 2 is 2.11 bits per heavy atom. The molecule has 0 aliphatic carbocycles. The number of aliphatic hydroxyl groups is 1. The number of hydrogen-bond acceptors (Lipinski definition) is 2. The normalized spacial score (nSPS) is 26.2. The summed E-state index contributed by atoms with van der Waals surface area (Å²) in [5.41, 5.74) is 1.97. The van der Waals surface area contributed by atoms with E-state index in [0.29, 0.717) is 11.1 Å². The molecule has 2 rings (SSSR count). The van der Waals surface area contributed by atoms with Crippen LogP contribution in [0.2, 0.25) is 5.02 Å². The molecule has 1 aliphatic rings. The van der Waals surface area contributed by atoms with Crippen molar-refractivity contribution in [2.75, 3.05) is 11.4 Å². The number of nitrogens with zero attached hydrogens (tertiary/aromatic N) is 1. The van der Waals surface area contributed by atoms with Gasteiger partial charge in [-0.05, 0) is 50.3 Å². The SMILES string of the molecule is CC1CCN(c2ccc(C(C)O)c(Cl)c2)C(C)C1. The van der Waals surface area contributed by atoms with Gasteiger partial charge in [-0.2, -0.15) is 0 Å². The van der Waals surface area contributed by atoms with Crippen molar-refractivity contribution < 1.29 is 5.11 Å². The molecule has 3 unspecified atom stereocenters. The van der Waals surface area contributed by atoms with Crippen LogP contribution in [-0.4, -0.2) is 17.7 Å². The molecule has 0 spiro atoms. The summed E-state index contributed by atoms with van der Waals surface area (Å²) >= 11 is 6.23. The Labute approximate surface area is 115 Å². The third kappa shape index (κ3) is 2.81. The lowest BCUT2D eigenvalue weighted by Crippen LogP contribution is -2.40. The van der Waals surface area contributed by atoms with E-state index < -0.39 is 6.10 Å². The van der Waals surface area contributed by atoms with Crippen LogP contribution in [0.15, 0.2) is 18.2 Å². The van der Waals surface area contributed by atoms with E-state index in [2.05, 4.69) is 24.8 Å². The second-order valence-corrected chi connectivity index (χ2v) is 5.96. The first-order valence-electron chi connectivity index (χ1n) is 6.73. The molecular weight excluding hydrogens is 246 g/mol. The van der Waals surface area contributed by atoms with E-state index in [1.165, 1.54) is 18.5 Å². The minimum absolute atomic E-state index is 0.509. The van der Waals surface area contributed by atoms with E-state index >= 15 is 0 Å². The molecule has 1 saturated heterocycles. The van der Waals surface area contributed by atoms with Gasteiger partial charge < -0.3 is 10.0 Å². The minimum atomic E-state index is -0.509. The number of aliphatic hydroxyl groups excluding tert-OH is 1. The Bertz CT molecular complexity index is 419. The molecule has 0 saturated carbocycles. The third-order valence-electron chi connectivity index (χ3n) is 3.90. The highest BCUT2D eigenvalue weighted by molar-refractivity contribution is 6.31. The predicted molar refractivity (Wildman–Crippen MR) is 77.3 cm³/mol. The van der Waals surface area contributed by atoms with Gasteiger partial charge in [0.15, 0.2) is 0 Å². The van der Waals surface area contributed by atoms with E-state index in [0.717, 1.165) is 18.0 Å². The highest BCUT2D eigenvalue weighted by Crippen LogP contribution is 2.32. The van der Waals surface area contributed by atoms with Crippen LogP contribution in [0, 0.1) is 5.92 Å². The van der Waals surface area contributed by atoms with Gasteiger partial charge in [0.1, 0.15) is 0 Å². The van der Waals surface area contributed by atoms with Crippen LogP contribution in [0.3, 0.4) is 0 Å². The van der Waals surface area contributed by atoms with Gasteiger partial charge in [0.05, 0.1) is 6.10 Å². The van der Waals surface area contributed by atoms with E-state index in [-0.39, 0.29) is 0 Å². The summed E-state index contributed by atoms with van der Waals surface area (Å²) in [6, 6.07) is 6.55. The van der Waals surface area contributed by atoms with E-state index in [1.807, 2.05) is 12.1 Å². The maximum atomic E-state index is 9.59. The molecule has 0 aromatic heterocycles. The smallest absolute Gasteiger partial charge is 0.0776 e. The van der Waals surface area contributed by atoms with Crippen LogP contribution in [0.5, 0.6) is 0 Å². The molecule has 1 N–H and O–H groups in total. The minimum Gasteiger partial charge on any atom is -0.389 e. The van der Waals surface area contributed by atoms with Gasteiger partial charge in [0.2, 0.25) is 0 Å². The molecule has 3 atom stereocenters. The quantitative estimate of drug-likeness (QED) is 0.875. The Morgan fingerprint density at radius 3 is 2.67 bits per heavy atom. The van der Waals surface area contributed by atoms with Crippen molar-refractivity contribution in [2.45, 2.75) is 45.8 Å². The zero-order valence-corrected chi connectivity index (χ0v) is 12.1. The van der Waals surface area contributed by atoms with Gasteiger partial charge in [-0.1, -0.05) is 24.6 Å². The molecule has 1 aliphatic heterocycles. The predicted octanol–water partition coefficient (Wildman–Crippen LogP) is 4.02. The van der Waals surface area contributed by atoms with Crippen molar-refractivity contribution in [2.24, 2.45) is 5.92 Å². The molecule has 0 bridgehead atoms. The third-order valence-corrected chi connectivity index (χ3v) is 4.23. The highest BCUT2D eigenvalue weighted by Gasteiger charge is 2.23. The topological polar surface area (TPSA) is 23.5 Å². The number of piperidine rings is 1. The fourth-order valence-electron chi connectivity index (χ4n) is 2.82. The summed E-state index contributed by atoms with van der Waals surface area (Å²) in [6.45, 7) is 7.42. The first-order valence-corrected chi connectivity index (χ1v) is 7.11. The van der Waals surface area contributed by atoms with Crippen molar-refractivity contribution >= 4 is 17.3 Å². The van der Waals surface area contributed by atoms with Gasteiger partial charge in [-0.25, -0.2) is 0 Å². The van der Waals surface area contributed by atoms with E-state index in [4.69, 9.17) is 11.6 Å². The molecule has 2 nitrogen and oxygen atoms in total. The maximum absolute atomic E-state index is 9.59. The van der Waals surface area contributed by atoms with Crippen LogP contribution in [0.1, 0.15) is 45.3 Å². The van der Waals surface area contributed by atoms with Crippen molar-refractivity contribution in [1.82, 2.24) is 0 Å². The molecule has 0 radical (unpaired) electrons. The van der Waals surface area contributed by atoms with E-state index in [9.17, 15) is 5.11 Å². The Balaban J connectivity index is 2.21. The summed E-state index contributed by atoms with van der Waals surface area (Å²) in [7, 11) is 0. The highest BCUT2D eigenvalue weighted by atomic mass is 35.5. The first kappa shape index (κ1) is 13.7. The second-order valence-electron chi connectivity index (χ2n) is 5.55. The van der Waals surface area contributed by atoms with Crippen LogP contribution >= 0.6 is 11.6 Å². The molecule has 1 fully saturated rings. The van der Waals surface area contributed by atoms with Gasteiger partial charge >= 0.3 is 0 Å². The van der Waals surface area contributed by atoms with Gasteiger partial charge in [0.25, 0.3) is 0 Å². The number of halogens is 1. The lowest BCUT2D eigenvalue weighted by Gasteiger charge is -2.38. The van der Waals surface area contributed by atoms with Gasteiger partial charge in [0, 0.05) is 23.3 Å². The Hall–Kier alpha value is -0.730. The van der Waals surface area contributed by atoms with Crippen LogP contribution in [0.4, 0.5) is 5.69 Å². The van der Waals surface area contributed by atoms with Gasteiger partial charge in [-0.15, -0.1) is 0 Å². The molecule has 100 valence electrons. The summed E-state index contributed by atoms with van der Waals surface area (Å²) in [6.07, 6.45) is 1.96. The fourth-order valence-corrected chi connectivity index (χ4v) is 3.16. The van der Waals surface area contributed by atoms with Crippen LogP contribution in [-0.2, 0) is 0 Å². The number of hydrogen-bond donors (Lipinski definition) is 1. The van der Waals surface area contributed by atoms with Crippen molar-refractivity contribution in [1.29, 1.82) is 0 Å². The van der Waals surface area contributed by atoms with Gasteiger partial charge in [-0.3, -0.25) is 0 Å². The average molecular weight is 268 g/mol. The molecule has 18 heavy (non-hydrogen) atoms. The lowest BCUT2D eigenvalue weighted by molar-refractivity contribution is 0.199. The molecule has 0 amide bonds. The zero-order valence-electron chi connectivity index (χ0n) is 11.4. The lowest BCUT2D eigenvalue weighted by atomic mass is 9.93. The summed E-state index contributed by atoms with van der Waals surface area (Å²) in [5, 5.41) is 10.3. The monoisotopic (exact) mass is 267 g/mol. The summed E-state index contributed by atoms with van der Waals surface area (Å²) in [5.74, 6) is 0.809. The Kier molecular flexibility index (Phi) is 4.18. The first-order chi connectivity index (χ1) is 8.49. The molecule has 1 heterocycles. The second kappa shape index (κ2) is 5.50. The molecular formula is C15H22ClNO. The molecule has 1 aromatic rings. The summed E-state index contributed by atoms with van der Waals surface area (Å²) in [4.78, 5) is 2.41. The largest absolute Gasteiger partial charge is 0.389 e. The summed E-state index contributed by atoms with van der Waals surface area (Å²) < 4.78 is 0. The van der Waals surface area contributed by atoms with Crippen LogP contribution in [0.25, 0.3) is 0 Å². The number of rotatable bonds is 2. The average Bonchev–Trinajstić information content (AvgIpc) is 2.28. The van der Waals surface area contributed by atoms with Crippen molar-refractivity contribution in [3.63, 3.8) is 0 Å². The zero-order chi connectivity index (χ0) is 13.3. The van der Waals surface area contributed by atoms with Crippen molar-refractivity contribution in [3.05, 3.63) is 28.8 Å². The number of benzene rings is 1. The molecule has 3 heteroatoms. The fraction of sp³-hybridized carbons (Fsp3) is 0.600. The standard InChI is InChI=1S/C15H22ClNO/c1-10-6-7-17(11(2)8-10)13-4-5-14(12(3)18)15(16)9-13/h4-5,9-12,18H,6-8H2,1-3H3. The Morgan fingerprint density at radius 1 is 1.39 bits per heavy atom. The molecule has 1 aromatic carbocycles. The maximum Gasteiger partial charge on any atom is 0.0776 e. The van der Waals surface area contributed by atoms with Crippen molar-refractivity contribution in [3.8, 4) is 0 Å².